The average Bonchev–Trinajstić information content (AvgIpc) is 2.39. The number of nitrogens with two attached hydrogens (primary N) is 1. The zero-order valence-corrected chi connectivity index (χ0v) is 11.2. The normalized spacial score (nSPS) is 10.6. The number of carbonyl (C=O) groups excluding carboxylic acids is 1. The topological polar surface area (TPSA) is 73.6 Å². The average molecular weight is 288 g/mol. The van der Waals surface area contributed by atoms with Crippen molar-refractivity contribution in [3.05, 3.63) is 23.8 Å². The number of hydrogen-bond acceptors (Lipinski definition) is 5. The molecule has 0 aliphatic heterocycles. The number of halogens is 2. The van der Waals surface area contributed by atoms with E-state index >= 15 is 0 Å². The molecule has 20 heavy (non-hydrogen) atoms. The van der Waals surface area contributed by atoms with Crippen LogP contribution in [0.4, 0.5) is 20.2 Å². The van der Waals surface area contributed by atoms with Crippen molar-refractivity contribution in [3.63, 3.8) is 0 Å². The van der Waals surface area contributed by atoms with Gasteiger partial charge in [0.05, 0.1) is 30.2 Å². The predicted molar refractivity (Wildman–Crippen MR) is 72.1 cm³/mol. The molecule has 0 aliphatic rings. The highest BCUT2D eigenvalue weighted by molar-refractivity contribution is 5.98. The molecule has 0 aliphatic carbocycles. The van der Waals surface area contributed by atoms with Crippen LogP contribution in [0.5, 0.6) is 0 Å². The summed E-state index contributed by atoms with van der Waals surface area (Å²) in [5.41, 5.74) is 6.90. The lowest BCUT2D eigenvalue weighted by atomic mass is 10.1. The summed E-state index contributed by atoms with van der Waals surface area (Å²) in [6.45, 7) is 1.69. The molecule has 1 rings (SSSR count). The Bertz CT molecular complexity index is 442. The van der Waals surface area contributed by atoms with Gasteiger partial charge in [-0.05, 0) is 19.1 Å². The molecule has 0 saturated carbocycles. The van der Waals surface area contributed by atoms with E-state index in [2.05, 4.69) is 5.32 Å². The maximum atomic E-state index is 11.9. The van der Waals surface area contributed by atoms with E-state index in [1.165, 1.54) is 0 Å². The molecule has 0 saturated heterocycles. The number of carbonyl (C=O) groups is 1. The second kappa shape index (κ2) is 8.31. The number of nitrogen functional groups attached to an aromatic ring is 1. The van der Waals surface area contributed by atoms with E-state index in [-0.39, 0.29) is 19.8 Å². The number of nitrogens with one attached hydrogen (secondary N) is 1. The van der Waals surface area contributed by atoms with Crippen LogP contribution >= 0.6 is 0 Å². The van der Waals surface area contributed by atoms with E-state index in [1.807, 2.05) is 0 Å². The number of benzene rings is 1. The first-order chi connectivity index (χ1) is 9.56. The first-order valence-corrected chi connectivity index (χ1v) is 6.21. The monoisotopic (exact) mass is 288 g/mol. The van der Waals surface area contributed by atoms with Crippen LogP contribution in [0.15, 0.2) is 18.2 Å². The van der Waals surface area contributed by atoms with Crippen LogP contribution in [-0.4, -0.2) is 38.8 Å². The predicted octanol–water partition coefficient (Wildman–Crippen LogP) is 2.14. The van der Waals surface area contributed by atoms with Gasteiger partial charge in [0.2, 0.25) is 0 Å². The molecule has 0 radical (unpaired) electrons. The van der Waals surface area contributed by atoms with Crippen LogP contribution in [0.25, 0.3) is 0 Å². The first kappa shape index (κ1) is 16.2. The second-order valence-corrected chi connectivity index (χ2v) is 3.88. The SMILES string of the molecule is CCOC(=O)c1cccc(N)c1NCCOCC(F)F. The largest absolute Gasteiger partial charge is 0.462 e. The summed E-state index contributed by atoms with van der Waals surface area (Å²) in [6.07, 6.45) is -2.49. The summed E-state index contributed by atoms with van der Waals surface area (Å²) in [7, 11) is 0. The fraction of sp³-hybridized carbons (Fsp3) is 0.462. The summed E-state index contributed by atoms with van der Waals surface area (Å²) >= 11 is 0. The molecule has 5 nitrogen and oxygen atoms in total. The highest BCUT2D eigenvalue weighted by atomic mass is 19.3. The van der Waals surface area contributed by atoms with Crippen LogP contribution in [0.2, 0.25) is 0 Å². The van der Waals surface area contributed by atoms with E-state index in [0.717, 1.165) is 0 Å². The summed E-state index contributed by atoms with van der Waals surface area (Å²) in [5, 5.41) is 2.90. The van der Waals surface area contributed by atoms with E-state index in [0.29, 0.717) is 16.9 Å². The van der Waals surface area contributed by atoms with Crippen molar-refractivity contribution in [1.82, 2.24) is 0 Å². The van der Waals surface area contributed by atoms with Crippen molar-refractivity contribution in [3.8, 4) is 0 Å². The molecule has 0 aromatic heterocycles. The molecule has 3 N–H and O–H groups in total. The van der Waals surface area contributed by atoms with Gasteiger partial charge in [0.25, 0.3) is 6.43 Å². The maximum absolute atomic E-state index is 11.9. The fourth-order valence-corrected chi connectivity index (χ4v) is 1.57. The second-order valence-electron chi connectivity index (χ2n) is 3.88. The van der Waals surface area contributed by atoms with Gasteiger partial charge >= 0.3 is 5.97 Å². The van der Waals surface area contributed by atoms with E-state index in [1.54, 1.807) is 25.1 Å². The smallest absolute Gasteiger partial charge is 0.340 e. The van der Waals surface area contributed by atoms with Gasteiger partial charge in [-0.3, -0.25) is 0 Å². The van der Waals surface area contributed by atoms with E-state index < -0.39 is 19.0 Å². The molecule has 0 heterocycles. The van der Waals surface area contributed by atoms with Gasteiger partial charge < -0.3 is 20.5 Å². The number of anilines is 2. The number of ether oxygens (including phenoxy) is 2. The Balaban J connectivity index is 2.61. The van der Waals surface area contributed by atoms with Gasteiger partial charge in [0, 0.05) is 6.54 Å². The molecule has 0 fully saturated rings. The van der Waals surface area contributed by atoms with Crippen LogP contribution < -0.4 is 11.1 Å². The van der Waals surface area contributed by atoms with Crippen LogP contribution in [0.3, 0.4) is 0 Å². The minimum atomic E-state index is -2.49. The van der Waals surface area contributed by atoms with Gasteiger partial charge in [-0.25, -0.2) is 13.6 Å². The molecule has 0 spiro atoms. The Morgan fingerprint density at radius 3 is 2.85 bits per heavy atom. The Kier molecular flexibility index (Phi) is 6.72. The summed E-state index contributed by atoms with van der Waals surface area (Å²) in [4.78, 5) is 11.7. The lowest BCUT2D eigenvalue weighted by Gasteiger charge is -2.13. The summed E-state index contributed by atoms with van der Waals surface area (Å²) < 4.78 is 33.4. The minimum Gasteiger partial charge on any atom is -0.462 e. The molecule has 1 aromatic carbocycles. The number of esters is 1. The highest BCUT2D eigenvalue weighted by Crippen LogP contribution is 2.24. The third-order valence-corrected chi connectivity index (χ3v) is 2.38. The van der Waals surface area contributed by atoms with Gasteiger partial charge in [0.1, 0.15) is 6.61 Å². The lowest BCUT2D eigenvalue weighted by molar-refractivity contribution is 0.0215. The zero-order valence-electron chi connectivity index (χ0n) is 11.2. The highest BCUT2D eigenvalue weighted by Gasteiger charge is 2.14. The third kappa shape index (κ3) is 5.00. The minimum absolute atomic E-state index is 0.0843. The number of alkyl halides is 2. The van der Waals surface area contributed by atoms with Crippen LogP contribution in [0.1, 0.15) is 17.3 Å². The molecule has 0 unspecified atom stereocenters. The van der Waals surface area contributed by atoms with Crippen molar-refractivity contribution in [1.29, 1.82) is 0 Å². The number of rotatable bonds is 8. The summed E-state index contributed by atoms with van der Waals surface area (Å²) in [6, 6.07) is 4.85. The third-order valence-electron chi connectivity index (χ3n) is 2.38. The molecule has 0 bridgehead atoms. The molecule has 112 valence electrons. The Hall–Kier alpha value is -1.89. The molecular formula is C13H18F2N2O3. The van der Waals surface area contributed by atoms with Crippen molar-refractivity contribution >= 4 is 17.3 Å². The van der Waals surface area contributed by atoms with Gasteiger partial charge in [-0.2, -0.15) is 0 Å². The lowest BCUT2D eigenvalue weighted by Crippen LogP contribution is -2.16. The Morgan fingerprint density at radius 2 is 2.20 bits per heavy atom. The molecule has 7 heteroatoms. The molecule has 0 atom stereocenters. The fourth-order valence-electron chi connectivity index (χ4n) is 1.57. The van der Waals surface area contributed by atoms with E-state index in [9.17, 15) is 13.6 Å². The summed E-state index contributed by atoms with van der Waals surface area (Å²) in [5.74, 6) is -0.490. The molecule has 0 amide bonds. The van der Waals surface area contributed by atoms with E-state index in [4.69, 9.17) is 15.2 Å². The quantitative estimate of drug-likeness (QED) is 0.435. The van der Waals surface area contributed by atoms with Crippen molar-refractivity contribution in [2.75, 3.05) is 37.4 Å². The standard InChI is InChI=1S/C13H18F2N2O3/c1-2-20-13(18)9-4-3-5-10(16)12(9)17-6-7-19-8-11(14)15/h3-5,11,17H,2,6-8,16H2,1H3. The van der Waals surface area contributed by atoms with Gasteiger partial charge in [-0.15, -0.1) is 0 Å². The molecular weight excluding hydrogens is 270 g/mol. The van der Waals surface area contributed by atoms with Gasteiger partial charge in [0.15, 0.2) is 0 Å². The Morgan fingerprint density at radius 1 is 1.45 bits per heavy atom. The first-order valence-electron chi connectivity index (χ1n) is 6.21. The van der Waals surface area contributed by atoms with Crippen LogP contribution in [0, 0.1) is 0 Å². The maximum Gasteiger partial charge on any atom is 0.340 e. The van der Waals surface area contributed by atoms with Crippen molar-refractivity contribution < 1.29 is 23.0 Å². The number of para-hydroxylation sites is 1. The zero-order chi connectivity index (χ0) is 15.0. The van der Waals surface area contributed by atoms with Gasteiger partial charge in [-0.1, -0.05) is 6.07 Å². The number of hydrogen-bond donors (Lipinski definition) is 2. The van der Waals surface area contributed by atoms with Crippen LogP contribution in [-0.2, 0) is 9.47 Å². The molecule has 1 aromatic rings. The van der Waals surface area contributed by atoms with Crippen molar-refractivity contribution in [2.24, 2.45) is 0 Å². The Labute approximate surface area is 116 Å². The van der Waals surface area contributed by atoms with Crippen molar-refractivity contribution in [2.45, 2.75) is 13.3 Å².